The molecule has 0 unspecified atom stereocenters. The van der Waals surface area contributed by atoms with E-state index in [0.717, 1.165) is 34.2 Å². The van der Waals surface area contributed by atoms with Crippen LogP contribution in [0.25, 0.3) is 5.69 Å². The first-order valence-corrected chi connectivity index (χ1v) is 12.8. The van der Waals surface area contributed by atoms with Gasteiger partial charge in [0.05, 0.1) is 24.6 Å². The largest absolute Gasteiger partial charge is 0.497 e. The number of hydrazone groups is 1. The molecule has 0 radical (unpaired) electrons. The minimum atomic E-state index is -0.441. The second-order valence-corrected chi connectivity index (χ2v) is 9.76. The second kappa shape index (κ2) is 12.2. The van der Waals surface area contributed by atoms with E-state index in [1.54, 1.807) is 7.11 Å². The first-order chi connectivity index (χ1) is 17.9. The number of nitrogens with zero attached hydrogens (tertiary/aromatic N) is 4. The number of methoxy groups -OCH3 is 1. The number of aryl methyl sites for hydroxylation is 1. The van der Waals surface area contributed by atoms with Crippen LogP contribution in [0, 0.1) is 6.92 Å². The van der Waals surface area contributed by atoms with Gasteiger partial charge in [-0.2, -0.15) is 5.10 Å². The summed E-state index contributed by atoms with van der Waals surface area (Å²) in [5.74, 6) is 1.31. The number of carbonyl (C=O) groups excluding carboxylic acids is 1. The lowest BCUT2D eigenvalue weighted by molar-refractivity contribution is -0.120. The molecule has 9 heteroatoms. The number of carbonyl (C=O) groups is 1. The molecule has 1 heterocycles. The number of ether oxygens (including phenoxy) is 1. The van der Waals surface area contributed by atoms with Crippen molar-refractivity contribution in [2.45, 2.75) is 37.7 Å². The summed E-state index contributed by atoms with van der Waals surface area (Å²) in [7, 11) is 1.64. The molecule has 1 aromatic heterocycles. The summed E-state index contributed by atoms with van der Waals surface area (Å²) in [6.07, 6.45) is 0. The van der Waals surface area contributed by atoms with Crippen molar-refractivity contribution in [3.05, 3.63) is 95.8 Å². The molecule has 0 bridgehead atoms. The standard InChI is InChI=1S/C28H30N6O2S/c1-19-10-12-22(13-11-19)20(2)30-32-27(35)21(3)37-28-33-31-26(34(28)24-8-6-5-7-9-24)18-29-23-14-16-25(36-4)17-15-23/h5-17,21,29H,18H2,1-4H3,(H,32,35)/b30-20+/t21-/m0/s1. The number of thioether (sulfide) groups is 1. The van der Waals surface area contributed by atoms with Crippen molar-refractivity contribution in [3.8, 4) is 11.4 Å². The maximum atomic E-state index is 12.8. The monoisotopic (exact) mass is 514 g/mol. The summed E-state index contributed by atoms with van der Waals surface area (Å²) in [5, 5.41) is 16.7. The lowest BCUT2D eigenvalue weighted by Gasteiger charge is -2.14. The molecule has 1 amide bonds. The highest BCUT2D eigenvalue weighted by atomic mass is 32.2. The van der Waals surface area contributed by atoms with Gasteiger partial charge in [0.2, 0.25) is 0 Å². The number of para-hydroxylation sites is 1. The second-order valence-electron chi connectivity index (χ2n) is 8.45. The van der Waals surface area contributed by atoms with Gasteiger partial charge in [-0.1, -0.05) is 59.8 Å². The molecule has 0 aliphatic carbocycles. The van der Waals surface area contributed by atoms with Gasteiger partial charge < -0.3 is 10.1 Å². The zero-order valence-corrected chi connectivity index (χ0v) is 22.1. The topological polar surface area (TPSA) is 93.4 Å². The first kappa shape index (κ1) is 26.0. The third kappa shape index (κ3) is 6.77. The van der Waals surface area contributed by atoms with Gasteiger partial charge in [0.25, 0.3) is 5.91 Å². The van der Waals surface area contributed by atoms with Gasteiger partial charge in [0.1, 0.15) is 5.75 Å². The lowest BCUT2D eigenvalue weighted by atomic mass is 10.1. The van der Waals surface area contributed by atoms with Crippen molar-refractivity contribution in [2.24, 2.45) is 5.10 Å². The Kier molecular flexibility index (Phi) is 8.58. The number of hydrogen-bond donors (Lipinski definition) is 2. The molecular formula is C28H30N6O2S. The average molecular weight is 515 g/mol. The van der Waals surface area contributed by atoms with E-state index in [9.17, 15) is 4.79 Å². The fourth-order valence-electron chi connectivity index (χ4n) is 3.52. The zero-order chi connectivity index (χ0) is 26.2. The lowest BCUT2D eigenvalue weighted by Crippen LogP contribution is -2.28. The van der Waals surface area contributed by atoms with Gasteiger partial charge in [-0.3, -0.25) is 9.36 Å². The SMILES string of the molecule is COc1ccc(NCc2nnc(S[C@@H](C)C(=O)N/N=C(\C)c3ccc(C)cc3)n2-c2ccccc2)cc1. The zero-order valence-electron chi connectivity index (χ0n) is 21.3. The average Bonchev–Trinajstić information content (AvgIpc) is 3.33. The minimum absolute atomic E-state index is 0.211. The van der Waals surface area contributed by atoms with E-state index in [4.69, 9.17) is 4.74 Å². The molecular weight excluding hydrogens is 484 g/mol. The van der Waals surface area contributed by atoms with E-state index in [-0.39, 0.29) is 5.91 Å². The molecule has 190 valence electrons. The fourth-order valence-corrected chi connectivity index (χ4v) is 4.40. The van der Waals surface area contributed by atoms with Crippen LogP contribution in [0.5, 0.6) is 5.75 Å². The Bertz CT molecular complexity index is 1350. The minimum Gasteiger partial charge on any atom is -0.497 e. The van der Waals surface area contributed by atoms with Gasteiger partial charge >= 0.3 is 0 Å². The Morgan fingerprint density at radius 1 is 1.03 bits per heavy atom. The molecule has 3 aromatic carbocycles. The van der Waals surface area contributed by atoms with Crippen LogP contribution in [0.4, 0.5) is 5.69 Å². The van der Waals surface area contributed by atoms with E-state index in [2.05, 4.69) is 26.0 Å². The van der Waals surface area contributed by atoms with Crippen LogP contribution in [-0.4, -0.2) is 38.7 Å². The van der Waals surface area contributed by atoms with Crippen molar-refractivity contribution in [1.29, 1.82) is 0 Å². The molecule has 4 aromatic rings. The van der Waals surface area contributed by atoms with Crippen molar-refractivity contribution in [1.82, 2.24) is 20.2 Å². The molecule has 8 nitrogen and oxygen atoms in total. The van der Waals surface area contributed by atoms with Crippen LogP contribution in [0.2, 0.25) is 0 Å². The number of hydrogen-bond acceptors (Lipinski definition) is 7. The fraction of sp³-hybridized carbons (Fsp3) is 0.214. The molecule has 0 aliphatic heterocycles. The molecule has 0 saturated carbocycles. The molecule has 1 atom stereocenters. The van der Waals surface area contributed by atoms with Crippen molar-refractivity contribution in [3.63, 3.8) is 0 Å². The van der Waals surface area contributed by atoms with Crippen LogP contribution in [0.3, 0.4) is 0 Å². The van der Waals surface area contributed by atoms with Gasteiger partial charge in [0.15, 0.2) is 11.0 Å². The summed E-state index contributed by atoms with van der Waals surface area (Å²) in [5.41, 5.74) is 7.42. The van der Waals surface area contributed by atoms with Crippen molar-refractivity contribution < 1.29 is 9.53 Å². The molecule has 37 heavy (non-hydrogen) atoms. The summed E-state index contributed by atoms with van der Waals surface area (Å²) >= 11 is 1.33. The van der Waals surface area contributed by atoms with Gasteiger partial charge in [-0.25, -0.2) is 5.43 Å². The third-order valence-corrected chi connectivity index (χ3v) is 6.75. The van der Waals surface area contributed by atoms with Gasteiger partial charge in [-0.05, 0) is 62.7 Å². The molecule has 2 N–H and O–H groups in total. The smallest absolute Gasteiger partial charge is 0.253 e. The van der Waals surface area contributed by atoms with E-state index < -0.39 is 5.25 Å². The van der Waals surface area contributed by atoms with Gasteiger partial charge in [-0.15, -0.1) is 10.2 Å². The van der Waals surface area contributed by atoms with Crippen LogP contribution in [0.1, 0.15) is 30.8 Å². The number of aromatic nitrogens is 3. The third-order valence-electron chi connectivity index (χ3n) is 5.71. The van der Waals surface area contributed by atoms with E-state index in [0.29, 0.717) is 11.7 Å². The highest BCUT2D eigenvalue weighted by Gasteiger charge is 2.21. The van der Waals surface area contributed by atoms with Crippen LogP contribution in [-0.2, 0) is 11.3 Å². The molecule has 0 fully saturated rings. The van der Waals surface area contributed by atoms with Crippen LogP contribution < -0.4 is 15.5 Å². The highest BCUT2D eigenvalue weighted by molar-refractivity contribution is 8.00. The van der Waals surface area contributed by atoms with Crippen LogP contribution >= 0.6 is 11.8 Å². The Morgan fingerprint density at radius 3 is 2.41 bits per heavy atom. The predicted molar refractivity (Wildman–Crippen MR) is 149 cm³/mol. The summed E-state index contributed by atoms with van der Waals surface area (Å²) in [4.78, 5) is 12.8. The summed E-state index contributed by atoms with van der Waals surface area (Å²) < 4.78 is 7.19. The quantitative estimate of drug-likeness (QED) is 0.171. The molecule has 0 saturated heterocycles. The molecule has 0 spiro atoms. The normalized spacial score (nSPS) is 12.2. The number of rotatable bonds is 10. The Labute approximate surface area is 221 Å². The summed E-state index contributed by atoms with van der Waals surface area (Å²) in [6, 6.07) is 25.6. The highest BCUT2D eigenvalue weighted by Crippen LogP contribution is 2.26. The number of amides is 1. The summed E-state index contributed by atoms with van der Waals surface area (Å²) in [6.45, 7) is 6.19. The van der Waals surface area contributed by atoms with Crippen molar-refractivity contribution >= 4 is 29.1 Å². The number of nitrogens with one attached hydrogen (secondary N) is 2. The Morgan fingerprint density at radius 2 is 1.73 bits per heavy atom. The van der Waals surface area contributed by atoms with Crippen LogP contribution in [0.15, 0.2) is 89.1 Å². The maximum Gasteiger partial charge on any atom is 0.253 e. The van der Waals surface area contributed by atoms with E-state index in [1.807, 2.05) is 104 Å². The number of benzene rings is 3. The van der Waals surface area contributed by atoms with E-state index in [1.165, 1.54) is 17.3 Å². The van der Waals surface area contributed by atoms with Gasteiger partial charge in [0, 0.05) is 11.4 Å². The number of anilines is 1. The first-order valence-electron chi connectivity index (χ1n) is 11.9. The predicted octanol–water partition coefficient (Wildman–Crippen LogP) is 5.22. The Hall–Kier alpha value is -4.11. The Balaban J connectivity index is 1.47. The van der Waals surface area contributed by atoms with E-state index >= 15 is 0 Å². The maximum absolute atomic E-state index is 12.8. The molecule has 4 rings (SSSR count). The van der Waals surface area contributed by atoms with Crippen molar-refractivity contribution in [2.75, 3.05) is 12.4 Å². The molecule has 0 aliphatic rings.